The number of carbonyl (C=O) groups is 2. The minimum absolute atomic E-state index is 0.166. The molecule has 1 unspecified atom stereocenters. The summed E-state index contributed by atoms with van der Waals surface area (Å²) in [5, 5.41) is 9.16. The normalized spacial score (nSPS) is 12.5. The summed E-state index contributed by atoms with van der Waals surface area (Å²) in [6, 6.07) is -0.201. The highest BCUT2D eigenvalue weighted by Gasteiger charge is 2.25. The lowest BCUT2D eigenvalue weighted by Crippen LogP contribution is -2.44. The molecular formula is C17H23N3O4S2. The first kappa shape index (κ1) is 20.4. The lowest BCUT2D eigenvalue weighted by Gasteiger charge is -2.27. The molecule has 2 N–H and O–H groups in total. The molecule has 0 aliphatic carbocycles. The van der Waals surface area contributed by atoms with Gasteiger partial charge in [-0.2, -0.15) is 0 Å². The Labute approximate surface area is 159 Å². The third-order valence-corrected chi connectivity index (χ3v) is 6.36. The van der Waals surface area contributed by atoms with Crippen molar-refractivity contribution in [2.45, 2.75) is 51.7 Å². The van der Waals surface area contributed by atoms with Gasteiger partial charge in [-0.25, -0.2) is 4.98 Å². The molecule has 7 nitrogen and oxygen atoms in total. The van der Waals surface area contributed by atoms with Crippen molar-refractivity contribution < 1.29 is 14.7 Å². The van der Waals surface area contributed by atoms with Crippen LogP contribution in [0.4, 0.5) is 0 Å². The number of hydrogen-bond acceptors (Lipinski definition) is 6. The molecule has 9 heteroatoms. The second-order valence-corrected chi connectivity index (χ2v) is 8.92. The number of thioether (sulfide) groups is 1. The van der Waals surface area contributed by atoms with Crippen molar-refractivity contribution >= 4 is 45.2 Å². The molecule has 2 aromatic rings. The predicted molar refractivity (Wildman–Crippen MR) is 105 cm³/mol. The van der Waals surface area contributed by atoms with Crippen molar-refractivity contribution in [3.63, 3.8) is 0 Å². The molecule has 0 aromatic carbocycles. The van der Waals surface area contributed by atoms with Crippen molar-refractivity contribution in [2.24, 2.45) is 0 Å². The molecule has 1 atom stereocenters. The Hall–Kier alpha value is -1.87. The number of rotatable bonds is 7. The van der Waals surface area contributed by atoms with Gasteiger partial charge in [0.05, 0.1) is 16.4 Å². The molecule has 1 amide bonds. The van der Waals surface area contributed by atoms with Gasteiger partial charge >= 0.3 is 5.97 Å². The summed E-state index contributed by atoms with van der Waals surface area (Å²) in [6.07, 6.45) is 0. The highest BCUT2D eigenvalue weighted by atomic mass is 32.2. The molecule has 0 radical (unpaired) electrons. The Bertz CT molecular complexity index is 888. The van der Waals surface area contributed by atoms with Crippen LogP contribution >= 0.6 is 23.1 Å². The van der Waals surface area contributed by atoms with Gasteiger partial charge in [-0.05, 0) is 40.2 Å². The molecule has 2 aromatic heterocycles. The van der Waals surface area contributed by atoms with Crippen LogP contribution in [0.1, 0.15) is 37.0 Å². The fourth-order valence-electron chi connectivity index (χ4n) is 2.54. The predicted octanol–water partition coefficient (Wildman–Crippen LogP) is 2.54. The zero-order chi connectivity index (χ0) is 19.6. The van der Waals surface area contributed by atoms with E-state index in [1.54, 1.807) is 20.8 Å². The molecule has 0 bridgehead atoms. The van der Waals surface area contributed by atoms with Gasteiger partial charge in [0, 0.05) is 10.9 Å². The first-order chi connectivity index (χ1) is 12.1. The zero-order valence-corrected chi connectivity index (χ0v) is 17.1. The molecule has 26 heavy (non-hydrogen) atoms. The topological polar surface area (TPSA) is 103 Å². The van der Waals surface area contributed by atoms with Gasteiger partial charge in [0.1, 0.15) is 17.2 Å². The average Bonchev–Trinajstić information content (AvgIpc) is 2.84. The smallest absolute Gasteiger partial charge is 0.323 e. The molecule has 0 spiro atoms. The number of H-pyrrole nitrogens is 1. The number of nitrogens with one attached hydrogen (secondary N) is 1. The van der Waals surface area contributed by atoms with E-state index in [0.29, 0.717) is 21.8 Å². The Morgan fingerprint density at radius 3 is 2.54 bits per heavy atom. The lowest BCUT2D eigenvalue weighted by atomic mass is 10.2. The number of carboxylic acids is 1. The highest BCUT2D eigenvalue weighted by molar-refractivity contribution is 7.99. The summed E-state index contributed by atoms with van der Waals surface area (Å²) in [6.45, 7) is 8.85. The van der Waals surface area contributed by atoms with E-state index in [-0.39, 0.29) is 24.1 Å². The molecule has 0 saturated heterocycles. The van der Waals surface area contributed by atoms with Gasteiger partial charge in [0.15, 0.2) is 0 Å². The second kappa shape index (κ2) is 8.22. The van der Waals surface area contributed by atoms with Crippen LogP contribution in [0.3, 0.4) is 0 Å². The maximum absolute atomic E-state index is 12.5. The molecular weight excluding hydrogens is 374 g/mol. The average molecular weight is 398 g/mol. The van der Waals surface area contributed by atoms with E-state index in [4.69, 9.17) is 5.11 Å². The van der Waals surface area contributed by atoms with Gasteiger partial charge in [0.2, 0.25) is 5.91 Å². The van der Waals surface area contributed by atoms with Gasteiger partial charge in [-0.1, -0.05) is 0 Å². The Morgan fingerprint density at radius 2 is 1.96 bits per heavy atom. The summed E-state index contributed by atoms with van der Waals surface area (Å²) in [4.78, 5) is 46.2. The quantitative estimate of drug-likeness (QED) is 0.744. The number of amides is 1. The third kappa shape index (κ3) is 4.45. The van der Waals surface area contributed by atoms with E-state index in [0.717, 1.165) is 10.4 Å². The van der Waals surface area contributed by atoms with Crippen molar-refractivity contribution in [3.05, 3.63) is 26.6 Å². The third-order valence-electron chi connectivity index (χ3n) is 4.12. The van der Waals surface area contributed by atoms with Crippen molar-refractivity contribution in [2.75, 3.05) is 6.54 Å². The number of aromatic amines is 1. The van der Waals surface area contributed by atoms with Crippen molar-refractivity contribution in [1.29, 1.82) is 0 Å². The van der Waals surface area contributed by atoms with Crippen LogP contribution in [-0.4, -0.2) is 49.7 Å². The molecule has 0 saturated carbocycles. The Morgan fingerprint density at radius 1 is 1.31 bits per heavy atom. The zero-order valence-electron chi connectivity index (χ0n) is 15.5. The van der Waals surface area contributed by atoms with Crippen molar-refractivity contribution in [3.8, 4) is 0 Å². The van der Waals surface area contributed by atoms with Crippen LogP contribution in [0.5, 0.6) is 0 Å². The number of carbonyl (C=O) groups excluding carboxylic acids is 1. The molecule has 142 valence electrons. The van der Waals surface area contributed by atoms with Crippen LogP contribution in [-0.2, 0) is 15.3 Å². The fourth-order valence-corrected chi connectivity index (χ4v) is 4.41. The van der Waals surface area contributed by atoms with Gasteiger partial charge in [0.25, 0.3) is 5.56 Å². The summed E-state index contributed by atoms with van der Waals surface area (Å²) in [5.41, 5.74) is 0.781. The largest absolute Gasteiger partial charge is 0.480 e. The van der Waals surface area contributed by atoms with Gasteiger partial charge in [-0.15, -0.1) is 23.1 Å². The second-order valence-electron chi connectivity index (χ2n) is 6.38. The molecule has 2 rings (SSSR count). The SMILES string of the molecule is Cc1sc2nc(CSC(C)C(=O)N(CC(=O)O)C(C)C)[nH]c(=O)c2c1C. The number of aryl methyl sites for hydroxylation is 2. The minimum Gasteiger partial charge on any atom is -0.480 e. The van der Waals surface area contributed by atoms with Crippen LogP contribution in [0.15, 0.2) is 4.79 Å². The van der Waals surface area contributed by atoms with E-state index in [9.17, 15) is 14.4 Å². The number of nitrogens with zero attached hydrogens (tertiary/aromatic N) is 2. The number of thiophene rings is 1. The number of carboxylic acid groups (broad SMARTS) is 1. The molecule has 2 heterocycles. The molecule has 0 fully saturated rings. The highest BCUT2D eigenvalue weighted by Crippen LogP contribution is 2.26. The summed E-state index contributed by atoms with van der Waals surface area (Å²) in [5.74, 6) is -0.391. The maximum atomic E-state index is 12.5. The van der Waals surface area contributed by atoms with E-state index in [2.05, 4.69) is 9.97 Å². The maximum Gasteiger partial charge on any atom is 0.323 e. The first-order valence-electron chi connectivity index (χ1n) is 8.24. The van der Waals surface area contributed by atoms with Crippen LogP contribution in [0, 0.1) is 13.8 Å². The Balaban J connectivity index is 2.12. The van der Waals surface area contributed by atoms with E-state index >= 15 is 0 Å². The summed E-state index contributed by atoms with van der Waals surface area (Å²) in [7, 11) is 0. The molecule has 0 aliphatic heterocycles. The van der Waals surface area contributed by atoms with Gasteiger partial charge in [-0.3, -0.25) is 14.4 Å². The summed E-state index contributed by atoms with van der Waals surface area (Å²) < 4.78 is 0. The standard InChI is InChI=1S/C17H23N3O4S2/c1-8(2)20(6-13(21)22)17(24)11(5)25-7-12-18-15(23)14-9(3)10(4)26-16(14)19-12/h8,11H,6-7H2,1-5H3,(H,21,22)(H,18,19,23). The number of fused-ring (bicyclic) bond motifs is 1. The summed E-state index contributed by atoms with van der Waals surface area (Å²) >= 11 is 2.81. The fraction of sp³-hybridized carbons (Fsp3) is 0.529. The van der Waals surface area contributed by atoms with E-state index in [1.165, 1.54) is 28.0 Å². The monoisotopic (exact) mass is 397 g/mol. The van der Waals surface area contributed by atoms with E-state index < -0.39 is 11.2 Å². The lowest BCUT2D eigenvalue weighted by molar-refractivity contribution is -0.145. The van der Waals surface area contributed by atoms with Crippen LogP contribution < -0.4 is 5.56 Å². The number of aromatic nitrogens is 2. The first-order valence-corrected chi connectivity index (χ1v) is 10.1. The van der Waals surface area contributed by atoms with Crippen LogP contribution in [0.25, 0.3) is 10.2 Å². The number of hydrogen-bond donors (Lipinski definition) is 2. The number of aliphatic carboxylic acids is 1. The van der Waals surface area contributed by atoms with Gasteiger partial charge < -0.3 is 15.0 Å². The van der Waals surface area contributed by atoms with E-state index in [1.807, 2.05) is 13.8 Å². The molecule has 0 aliphatic rings. The van der Waals surface area contributed by atoms with Crippen molar-refractivity contribution in [1.82, 2.24) is 14.9 Å². The van der Waals surface area contributed by atoms with Crippen LogP contribution in [0.2, 0.25) is 0 Å². The Kier molecular flexibility index (Phi) is 6.46. The minimum atomic E-state index is -1.04.